The summed E-state index contributed by atoms with van der Waals surface area (Å²) in [6, 6.07) is 8.18. The van der Waals surface area contributed by atoms with Gasteiger partial charge in [-0.05, 0) is 62.1 Å². The molecule has 0 bridgehead atoms. The van der Waals surface area contributed by atoms with Crippen molar-refractivity contribution in [2.45, 2.75) is 66.3 Å². The maximum absolute atomic E-state index is 10.8. The Labute approximate surface area is 177 Å². The summed E-state index contributed by atoms with van der Waals surface area (Å²) in [7, 11) is 0. The van der Waals surface area contributed by atoms with Gasteiger partial charge in [0.1, 0.15) is 5.69 Å². The summed E-state index contributed by atoms with van der Waals surface area (Å²) in [5.74, 6) is -0.771. The zero-order chi connectivity index (χ0) is 21.5. The second-order valence-corrected chi connectivity index (χ2v) is 9.14. The Bertz CT molecular complexity index is 1090. The molecule has 0 radical (unpaired) electrons. The molecule has 1 aromatic carbocycles. The fourth-order valence-corrected chi connectivity index (χ4v) is 4.48. The van der Waals surface area contributed by atoms with Crippen LogP contribution in [0.2, 0.25) is 0 Å². The molecule has 4 rings (SSSR count). The number of rotatable bonds is 6. The molecule has 0 aliphatic heterocycles. The third kappa shape index (κ3) is 3.91. The maximum atomic E-state index is 10.8. The number of nitrogens with one attached hydrogen (secondary N) is 1. The normalized spacial score (nSPS) is 15.2. The quantitative estimate of drug-likeness (QED) is 0.616. The van der Waals surface area contributed by atoms with Gasteiger partial charge in [0.15, 0.2) is 0 Å². The highest BCUT2D eigenvalue weighted by atomic mass is 16.4. The number of carbonyl (C=O) groups is 1. The van der Waals surface area contributed by atoms with E-state index in [1.807, 2.05) is 19.1 Å². The van der Waals surface area contributed by atoms with Crippen LogP contribution in [0, 0.1) is 12.3 Å². The van der Waals surface area contributed by atoms with Gasteiger partial charge in [-0.25, -0.2) is 0 Å². The topological polar surface area (TPSA) is 83.8 Å². The van der Waals surface area contributed by atoms with E-state index in [1.54, 1.807) is 0 Å². The number of benzene rings is 1. The minimum absolute atomic E-state index is 0.146. The van der Waals surface area contributed by atoms with Crippen molar-refractivity contribution in [1.29, 1.82) is 0 Å². The second-order valence-electron chi connectivity index (χ2n) is 9.14. The van der Waals surface area contributed by atoms with E-state index in [-0.39, 0.29) is 6.42 Å². The summed E-state index contributed by atoms with van der Waals surface area (Å²) in [5, 5.41) is 21.6. The van der Waals surface area contributed by atoms with Gasteiger partial charge in [-0.3, -0.25) is 14.6 Å². The minimum atomic E-state index is -0.771. The molecule has 0 atom stereocenters. The van der Waals surface area contributed by atoms with E-state index < -0.39 is 5.97 Å². The van der Waals surface area contributed by atoms with Crippen LogP contribution in [-0.4, -0.2) is 31.1 Å². The number of hydrogen-bond acceptors (Lipinski definition) is 3. The molecule has 0 unspecified atom stereocenters. The number of aliphatic carboxylic acids is 1. The smallest absolute Gasteiger partial charge is 0.303 e. The first-order valence-corrected chi connectivity index (χ1v) is 10.7. The number of fused-ring (bicyclic) bond motifs is 1. The Morgan fingerprint density at radius 1 is 1.30 bits per heavy atom. The fraction of sp³-hybridized carbons (Fsp3) is 0.458. The van der Waals surface area contributed by atoms with Crippen molar-refractivity contribution >= 4 is 5.97 Å². The monoisotopic (exact) mass is 406 g/mol. The fourth-order valence-electron chi connectivity index (χ4n) is 4.48. The predicted octanol–water partition coefficient (Wildman–Crippen LogP) is 4.80. The van der Waals surface area contributed by atoms with Crippen LogP contribution in [-0.2, 0) is 30.6 Å². The molecule has 0 amide bonds. The van der Waals surface area contributed by atoms with Crippen LogP contribution >= 0.6 is 0 Å². The van der Waals surface area contributed by atoms with Crippen molar-refractivity contribution in [2.24, 2.45) is 5.41 Å². The number of aromatic amines is 1. The molecule has 30 heavy (non-hydrogen) atoms. The first-order valence-electron chi connectivity index (χ1n) is 10.7. The van der Waals surface area contributed by atoms with Crippen LogP contribution in [0.4, 0.5) is 0 Å². The van der Waals surface area contributed by atoms with Crippen molar-refractivity contribution in [3.05, 3.63) is 46.6 Å². The van der Waals surface area contributed by atoms with E-state index >= 15 is 0 Å². The molecule has 0 spiro atoms. The summed E-state index contributed by atoms with van der Waals surface area (Å²) in [4.78, 5) is 10.8. The molecule has 0 fully saturated rings. The first-order chi connectivity index (χ1) is 14.3. The molecule has 6 nitrogen and oxygen atoms in total. The van der Waals surface area contributed by atoms with E-state index in [9.17, 15) is 4.79 Å². The molecule has 6 heteroatoms. The highest BCUT2D eigenvalue weighted by Gasteiger charge is 2.31. The van der Waals surface area contributed by atoms with E-state index in [2.05, 4.69) is 47.8 Å². The second kappa shape index (κ2) is 7.74. The number of hydrogen-bond donors (Lipinski definition) is 2. The van der Waals surface area contributed by atoms with Crippen molar-refractivity contribution in [1.82, 2.24) is 20.0 Å². The Balaban J connectivity index is 1.64. The van der Waals surface area contributed by atoms with E-state index in [0.717, 1.165) is 53.2 Å². The van der Waals surface area contributed by atoms with Gasteiger partial charge in [-0.1, -0.05) is 32.0 Å². The average molecular weight is 407 g/mol. The molecule has 0 saturated heterocycles. The van der Waals surface area contributed by atoms with Gasteiger partial charge >= 0.3 is 5.97 Å². The zero-order valence-corrected chi connectivity index (χ0v) is 18.2. The Morgan fingerprint density at radius 3 is 2.80 bits per heavy atom. The number of H-pyrrole nitrogens is 1. The SMILES string of the molecule is CCn1nc(-c2cc(-c3ccc(CCC(=O)O)cc3C)n[nH]2)c2c1CC(C)(C)CC2. The van der Waals surface area contributed by atoms with E-state index in [1.165, 1.54) is 17.7 Å². The van der Waals surface area contributed by atoms with Gasteiger partial charge in [0.05, 0.1) is 11.4 Å². The molecule has 1 aliphatic rings. The van der Waals surface area contributed by atoms with Crippen LogP contribution in [0.1, 0.15) is 56.0 Å². The van der Waals surface area contributed by atoms with Crippen molar-refractivity contribution < 1.29 is 9.90 Å². The summed E-state index contributed by atoms with van der Waals surface area (Å²) >= 11 is 0. The highest BCUT2D eigenvalue weighted by Crippen LogP contribution is 2.39. The predicted molar refractivity (Wildman–Crippen MR) is 117 cm³/mol. The van der Waals surface area contributed by atoms with Crippen LogP contribution < -0.4 is 0 Å². The highest BCUT2D eigenvalue weighted by molar-refractivity contribution is 5.71. The molecule has 2 N–H and O–H groups in total. The summed E-state index contributed by atoms with van der Waals surface area (Å²) < 4.78 is 2.15. The number of aryl methyl sites for hydroxylation is 3. The molecule has 0 saturated carbocycles. The van der Waals surface area contributed by atoms with Crippen molar-refractivity contribution in [2.75, 3.05) is 0 Å². The lowest BCUT2D eigenvalue weighted by Crippen LogP contribution is -2.24. The lowest BCUT2D eigenvalue weighted by molar-refractivity contribution is -0.136. The minimum Gasteiger partial charge on any atom is -0.481 e. The largest absolute Gasteiger partial charge is 0.481 e. The number of aromatic nitrogens is 4. The van der Waals surface area contributed by atoms with Crippen LogP contribution in [0.5, 0.6) is 0 Å². The van der Waals surface area contributed by atoms with Gasteiger partial charge in [0.2, 0.25) is 0 Å². The lowest BCUT2D eigenvalue weighted by atomic mass is 9.76. The van der Waals surface area contributed by atoms with Crippen molar-refractivity contribution in [3.63, 3.8) is 0 Å². The van der Waals surface area contributed by atoms with Gasteiger partial charge in [0, 0.05) is 29.8 Å². The van der Waals surface area contributed by atoms with Gasteiger partial charge < -0.3 is 5.11 Å². The maximum Gasteiger partial charge on any atom is 0.303 e. The molecule has 3 aromatic rings. The Kier molecular flexibility index (Phi) is 5.26. The van der Waals surface area contributed by atoms with Crippen LogP contribution in [0.3, 0.4) is 0 Å². The summed E-state index contributed by atoms with van der Waals surface area (Å²) in [6.45, 7) is 9.73. The molecule has 2 aromatic heterocycles. The molecule has 158 valence electrons. The molecular weight excluding hydrogens is 376 g/mol. The molecule has 2 heterocycles. The zero-order valence-electron chi connectivity index (χ0n) is 18.2. The Hall–Kier alpha value is -2.89. The third-order valence-electron chi connectivity index (χ3n) is 6.19. The standard InChI is InChI=1S/C24H30N4O2/c1-5-28-21-14-24(3,4)11-10-18(21)23(27-28)20-13-19(25-26-20)17-8-6-16(12-15(17)2)7-9-22(29)30/h6,8,12-13H,5,7,9-11,14H2,1-4H3,(H,25,26)(H,29,30). The average Bonchev–Trinajstić information content (AvgIpc) is 3.30. The van der Waals surface area contributed by atoms with Gasteiger partial charge in [-0.2, -0.15) is 10.2 Å². The molecular formula is C24H30N4O2. The van der Waals surface area contributed by atoms with Crippen LogP contribution in [0.25, 0.3) is 22.6 Å². The van der Waals surface area contributed by atoms with Gasteiger partial charge in [-0.15, -0.1) is 0 Å². The third-order valence-corrected chi connectivity index (χ3v) is 6.19. The lowest BCUT2D eigenvalue weighted by Gasteiger charge is -2.30. The number of carboxylic acids is 1. The first kappa shape index (κ1) is 20.4. The summed E-state index contributed by atoms with van der Waals surface area (Å²) in [5.41, 5.74) is 9.09. The Morgan fingerprint density at radius 2 is 2.10 bits per heavy atom. The number of carboxylic acid groups (broad SMARTS) is 1. The van der Waals surface area contributed by atoms with Gasteiger partial charge in [0.25, 0.3) is 0 Å². The number of nitrogens with zero attached hydrogens (tertiary/aromatic N) is 3. The molecule has 1 aliphatic carbocycles. The van der Waals surface area contributed by atoms with Crippen LogP contribution in [0.15, 0.2) is 24.3 Å². The van der Waals surface area contributed by atoms with E-state index in [4.69, 9.17) is 10.2 Å². The van der Waals surface area contributed by atoms with Crippen molar-refractivity contribution in [3.8, 4) is 22.6 Å². The summed E-state index contributed by atoms with van der Waals surface area (Å²) in [6.07, 6.45) is 3.96. The van der Waals surface area contributed by atoms with E-state index in [0.29, 0.717) is 11.8 Å².